The van der Waals surface area contributed by atoms with Crippen molar-refractivity contribution in [2.24, 2.45) is 0 Å². The highest BCUT2D eigenvalue weighted by atomic mass is 16.6. The van der Waals surface area contributed by atoms with E-state index in [9.17, 15) is 0 Å². The smallest absolute Gasteiger partial charge is 0.0701 e. The largest absolute Gasteiger partial charge is 0.394 e. The van der Waals surface area contributed by atoms with Crippen LogP contribution in [-0.4, -0.2) is 129 Å². The molecule has 186 valence electrons. The minimum Gasteiger partial charge on any atom is -0.394 e. The topological polar surface area (TPSA) is 173 Å². The normalized spacial score (nSPS) is 10.5. The number of ether oxygens (including phenoxy) is 8. The quantitative estimate of drug-likeness (QED) is 0.0821. The second-order valence-electron chi connectivity index (χ2n) is 5.44. The van der Waals surface area contributed by atoms with Gasteiger partial charge in [-0.25, -0.2) is 0 Å². The first-order valence-electron chi connectivity index (χ1n) is 10.2. The molecular weight excluding hydrogens is 418 g/mol. The maximum atomic E-state index is 8.52. The molecule has 0 rings (SSSR count). The number of aliphatic hydroxyl groups excluding tert-OH is 2. The summed E-state index contributed by atoms with van der Waals surface area (Å²) in [6.07, 6.45) is 0. The lowest BCUT2D eigenvalue weighted by Crippen LogP contribution is -2.15. The molecule has 0 aliphatic rings. The molecule has 0 aromatic rings. The van der Waals surface area contributed by atoms with E-state index in [0.717, 1.165) is 0 Å². The Labute approximate surface area is 183 Å². The van der Waals surface area contributed by atoms with E-state index in [1.54, 1.807) is 0 Å². The predicted molar refractivity (Wildman–Crippen MR) is 111 cm³/mol. The Morgan fingerprint density at radius 1 is 0.355 bits per heavy atom. The van der Waals surface area contributed by atoms with Gasteiger partial charge in [-0.05, 0) is 0 Å². The van der Waals surface area contributed by atoms with Gasteiger partial charge in [0.05, 0.1) is 119 Å². The van der Waals surface area contributed by atoms with Gasteiger partial charge in [-0.1, -0.05) is 0 Å². The molecule has 0 spiro atoms. The third-order valence-corrected chi connectivity index (χ3v) is 3.08. The summed E-state index contributed by atoms with van der Waals surface area (Å²) in [7, 11) is 0. The van der Waals surface area contributed by atoms with E-state index in [-0.39, 0.29) is 13.2 Å². The maximum absolute atomic E-state index is 8.52. The average molecular weight is 457 g/mol. The van der Waals surface area contributed by atoms with E-state index >= 15 is 0 Å². The van der Waals surface area contributed by atoms with E-state index in [1.165, 1.54) is 4.91 Å². The molecule has 13 nitrogen and oxygen atoms in total. The van der Waals surface area contributed by atoms with Gasteiger partial charge >= 0.3 is 0 Å². The van der Waals surface area contributed by atoms with Crippen LogP contribution in [0.2, 0.25) is 0 Å². The van der Waals surface area contributed by atoms with Gasteiger partial charge in [0, 0.05) is 0 Å². The molecule has 0 aromatic carbocycles. The van der Waals surface area contributed by atoms with E-state index in [0.29, 0.717) is 106 Å². The van der Waals surface area contributed by atoms with Gasteiger partial charge in [0.25, 0.3) is 0 Å². The zero-order valence-corrected chi connectivity index (χ0v) is 18.2. The highest BCUT2D eigenvalue weighted by molar-refractivity contribution is 4.38. The fourth-order valence-electron chi connectivity index (χ4n) is 1.77. The second-order valence-corrected chi connectivity index (χ2v) is 5.44. The number of nitrogens with zero attached hydrogens (tertiary/aromatic N) is 3. The average Bonchev–Trinajstić information content (AvgIpc) is 2.77. The Morgan fingerprint density at radius 3 is 0.613 bits per heavy atom. The number of hydrogen-bond acceptors (Lipinski definition) is 10. The fourth-order valence-corrected chi connectivity index (χ4v) is 1.77. The van der Waals surface area contributed by atoms with Crippen LogP contribution in [0.25, 0.3) is 16.0 Å². The van der Waals surface area contributed by atoms with Crippen molar-refractivity contribution in [3.05, 3.63) is 16.0 Å². The highest BCUT2D eigenvalue weighted by Crippen LogP contribution is 1.85. The fraction of sp³-hybridized carbons (Fsp3) is 1.00. The van der Waals surface area contributed by atoms with Crippen LogP contribution in [0.4, 0.5) is 0 Å². The van der Waals surface area contributed by atoms with Gasteiger partial charge in [-0.15, -0.1) is 0 Å². The van der Waals surface area contributed by atoms with Gasteiger partial charge in [0.1, 0.15) is 0 Å². The lowest BCUT2D eigenvalue weighted by atomic mass is 10.6. The molecule has 0 aliphatic heterocycles. The van der Waals surface area contributed by atoms with E-state index in [2.05, 4.69) is 0 Å². The van der Waals surface area contributed by atoms with Crippen molar-refractivity contribution in [1.82, 2.24) is 0 Å². The lowest BCUT2D eigenvalue weighted by molar-refractivity contribution is -0.0244. The van der Waals surface area contributed by atoms with Crippen LogP contribution in [-0.2, 0) is 37.9 Å². The summed E-state index contributed by atoms with van der Waals surface area (Å²) in [5.41, 5.74) is 13.5. The van der Waals surface area contributed by atoms with Crippen molar-refractivity contribution in [2.75, 3.05) is 119 Å². The molecular formula is C18H38N3O10-. The third kappa shape index (κ3) is 36.6. The summed E-state index contributed by atoms with van der Waals surface area (Å²) in [5.74, 6) is 0. The molecule has 0 unspecified atom stereocenters. The van der Waals surface area contributed by atoms with Gasteiger partial charge < -0.3 is 59.2 Å². The molecule has 0 bridgehead atoms. The zero-order valence-electron chi connectivity index (χ0n) is 18.2. The van der Waals surface area contributed by atoms with Crippen LogP contribution in [0.3, 0.4) is 0 Å². The van der Waals surface area contributed by atoms with Crippen molar-refractivity contribution >= 4 is 0 Å². The van der Waals surface area contributed by atoms with E-state index in [4.69, 9.17) is 59.2 Å². The number of rotatable bonds is 25. The molecule has 0 atom stereocenters. The van der Waals surface area contributed by atoms with Crippen molar-refractivity contribution in [3.63, 3.8) is 0 Å². The predicted octanol–water partition coefficient (Wildman–Crippen LogP) is -0.0301. The van der Waals surface area contributed by atoms with Crippen molar-refractivity contribution < 1.29 is 48.1 Å². The summed E-state index contributed by atoms with van der Waals surface area (Å²) in [6, 6.07) is 0. The SMILES string of the molecule is OCCOCCOCCOCCOCCOCCOCCOCCOCCO.[N-]=[N+]=[N-]. The monoisotopic (exact) mass is 456 g/mol. The zero-order chi connectivity index (χ0) is 23.1. The Hall–Kier alpha value is -1.09. The minimum atomic E-state index is 0.0294. The molecule has 13 heteroatoms. The van der Waals surface area contributed by atoms with Crippen LogP contribution < -0.4 is 0 Å². The summed E-state index contributed by atoms with van der Waals surface area (Å²) >= 11 is 0. The maximum Gasteiger partial charge on any atom is 0.0701 e. The molecule has 0 saturated heterocycles. The molecule has 0 fully saturated rings. The van der Waals surface area contributed by atoms with Crippen molar-refractivity contribution in [2.45, 2.75) is 0 Å². The summed E-state index contributed by atoms with van der Waals surface area (Å²) < 4.78 is 42.2. The molecule has 0 aromatic heterocycles. The lowest BCUT2D eigenvalue weighted by Gasteiger charge is -2.08. The van der Waals surface area contributed by atoms with Crippen molar-refractivity contribution in [1.29, 1.82) is 0 Å². The first-order valence-corrected chi connectivity index (χ1v) is 10.2. The Kier molecular flexibility index (Phi) is 34.7. The van der Waals surface area contributed by atoms with Gasteiger partial charge in [-0.2, -0.15) is 0 Å². The van der Waals surface area contributed by atoms with E-state index in [1.807, 2.05) is 0 Å². The third-order valence-electron chi connectivity index (χ3n) is 3.08. The second kappa shape index (κ2) is 33.5. The summed E-state index contributed by atoms with van der Waals surface area (Å²) in [6.45, 7) is 7.79. The van der Waals surface area contributed by atoms with Gasteiger partial charge in [-0.3, -0.25) is 4.91 Å². The molecule has 0 amide bonds. The van der Waals surface area contributed by atoms with Gasteiger partial charge in [0.2, 0.25) is 0 Å². The molecule has 31 heavy (non-hydrogen) atoms. The molecule has 0 radical (unpaired) electrons. The molecule has 0 aliphatic carbocycles. The van der Waals surface area contributed by atoms with Crippen LogP contribution in [0.15, 0.2) is 0 Å². The Morgan fingerprint density at radius 2 is 0.484 bits per heavy atom. The summed E-state index contributed by atoms with van der Waals surface area (Å²) in [5, 5.41) is 17.0. The first-order chi connectivity index (χ1) is 15.3. The van der Waals surface area contributed by atoms with Crippen molar-refractivity contribution in [3.8, 4) is 0 Å². The standard InChI is InChI=1S/C18H38O10.N3/c19-1-3-21-5-7-23-9-11-25-13-15-27-17-18-28-16-14-26-12-10-24-8-6-22-4-2-20;1-3-2/h19-20H,1-18H2;/q;-1. The molecule has 0 saturated carbocycles. The first kappa shape index (κ1) is 32.1. The number of hydrogen-bond donors (Lipinski definition) is 2. The van der Waals surface area contributed by atoms with E-state index < -0.39 is 0 Å². The van der Waals surface area contributed by atoms with Crippen LogP contribution >= 0.6 is 0 Å². The van der Waals surface area contributed by atoms with Crippen LogP contribution in [0, 0.1) is 0 Å². The summed E-state index contributed by atoms with van der Waals surface area (Å²) in [4.78, 5) is 1.50. The minimum absolute atomic E-state index is 0.0294. The molecule has 0 heterocycles. The number of aliphatic hydroxyl groups is 2. The van der Waals surface area contributed by atoms with Crippen LogP contribution in [0.5, 0.6) is 0 Å². The van der Waals surface area contributed by atoms with Crippen LogP contribution in [0.1, 0.15) is 0 Å². The Bertz CT molecular complexity index is 325. The van der Waals surface area contributed by atoms with Gasteiger partial charge in [0.15, 0.2) is 0 Å². The highest BCUT2D eigenvalue weighted by Gasteiger charge is 1.94. The molecule has 2 N–H and O–H groups in total. The Balaban J connectivity index is 0.